The zero-order valence-electron chi connectivity index (χ0n) is 19.9. The highest BCUT2D eigenvalue weighted by Crippen LogP contribution is 2.30. The van der Waals surface area contributed by atoms with Crippen molar-refractivity contribution in [2.24, 2.45) is 0 Å². The minimum atomic E-state index is -0.299. The van der Waals surface area contributed by atoms with Crippen LogP contribution in [0.15, 0.2) is 48.5 Å². The molecule has 35 heavy (non-hydrogen) atoms. The van der Waals surface area contributed by atoms with Crippen molar-refractivity contribution in [1.29, 1.82) is 10.8 Å². The number of fused-ring (bicyclic) bond motifs is 3. The third-order valence-corrected chi connectivity index (χ3v) is 6.49. The maximum Gasteiger partial charge on any atom is 0.256 e. The fourth-order valence-electron chi connectivity index (χ4n) is 4.65. The first-order valence-corrected chi connectivity index (χ1v) is 11.9. The third kappa shape index (κ3) is 4.72. The lowest BCUT2D eigenvalue weighted by Gasteiger charge is -2.33. The fraction of sp³-hybridized carbons (Fsp3) is 0.346. The summed E-state index contributed by atoms with van der Waals surface area (Å²) >= 11 is 0. The van der Waals surface area contributed by atoms with E-state index >= 15 is 0 Å². The van der Waals surface area contributed by atoms with E-state index in [1.807, 2.05) is 32.0 Å². The molecule has 2 aromatic heterocycles. The molecule has 3 aromatic rings. The van der Waals surface area contributed by atoms with Crippen LogP contribution >= 0.6 is 0 Å². The predicted octanol–water partition coefficient (Wildman–Crippen LogP) is 3.89. The van der Waals surface area contributed by atoms with Crippen molar-refractivity contribution in [1.82, 2.24) is 14.9 Å². The summed E-state index contributed by atoms with van der Waals surface area (Å²) in [5, 5.41) is 19.7. The Labute approximate surface area is 204 Å². The number of ether oxygens (including phenoxy) is 1. The molecule has 4 heterocycles. The van der Waals surface area contributed by atoms with Crippen molar-refractivity contribution < 1.29 is 9.53 Å². The number of hydrogen-bond acceptors (Lipinski definition) is 7. The molecular formula is C26H29N7O2. The van der Waals surface area contributed by atoms with Crippen molar-refractivity contribution >= 4 is 40.6 Å². The van der Waals surface area contributed by atoms with Gasteiger partial charge in [-0.3, -0.25) is 15.6 Å². The van der Waals surface area contributed by atoms with Crippen LogP contribution in [0.4, 0.5) is 11.6 Å². The maximum atomic E-state index is 13.0. The van der Waals surface area contributed by atoms with Crippen LogP contribution in [0.2, 0.25) is 0 Å². The van der Waals surface area contributed by atoms with Gasteiger partial charge >= 0.3 is 0 Å². The van der Waals surface area contributed by atoms with E-state index in [1.54, 1.807) is 30.3 Å². The Kier molecular flexibility index (Phi) is 6.17. The summed E-state index contributed by atoms with van der Waals surface area (Å²) in [4.78, 5) is 26.0. The molecule has 5 rings (SSSR count). The number of pyridine rings is 2. The Hall–Kier alpha value is -3.85. The van der Waals surface area contributed by atoms with Gasteiger partial charge in [-0.2, -0.15) is 0 Å². The zero-order valence-corrected chi connectivity index (χ0v) is 19.9. The third-order valence-electron chi connectivity index (χ3n) is 6.49. The van der Waals surface area contributed by atoms with Crippen molar-refractivity contribution in [3.63, 3.8) is 0 Å². The van der Waals surface area contributed by atoms with Gasteiger partial charge in [-0.25, -0.2) is 9.97 Å². The highest BCUT2D eigenvalue weighted by atomic mass is 16.5. The topological polar surface area (TPSA) is 118 Å². The summed E-state index contributed by atoms with van der Waals surface area (Å²) in [6.07, 6.45) is 3.87. The second-order valence-corrected chi connectivity index (χ2v) is 9.28. The molecular weight excluding hydrogens is 442 g/mol. The van der Waals surface area contributed by atoms with Gasteiger partial charge < -0.3 is 19.9 Å². The van der Waals surface area contributed by atoms with Gasteiger partial charge in [0.15, 0.2) is 5.84 Å². The number of benzene rings is 1. The molecule has 0 radical (unpaired) electrons. The van der Waals surface area contributed by atoms with Crippen LogP contribution in [-0.4, -0.2) is 64.3 Å². The van der Waals surface area contributed by atoms with Gasteiger partial charge in [0.2, 0.25) is 0 Å². The van der Waals surface area contributed by atoms with Crippen LogP contribution in [0.1, 0.15) is 42.7 Å². The molecule has 2 aliphatic heterocycles. The number of morpholine rings is 1. The van der Waals surface area contributed by atoms with Gasteiger partial charge in [-0.15, -0.1) is 0 Å². The number of carbonyl (C=O) groups is 1. The number of hydrogen-bond donors (Lipinski definition) is 3. The number of amidine groups is 1. The van der Waals surface area contributed by atoms with E-state index in [9.17, 15) is 4.79 Å². The van der Waals surface area contributed by atoms with E-state index < -0.39 is 0 Å². The molecule has 0 aliphatic carbocycles. The Morgan fingerprint density at radius 1 is 1.14 bits per heavy atom. The molecule has 2 atom stereocenters. The molecule has 3 N–H and O–H groups in total. The number of amides is 1. The Morgan fingerprint density at radius 2 is 1.89 bits per heavy atom. The van der Waals surface area contributed by atoms with Gasteiger partial charge in [0, 0.05) is 30.1 Å². The summed E-state index contributed by atoms with van der Waals surface area (Å²) in [6.45, 7) is 5.48. The monoisotopic (exact) mass is 471 g/mol. The van der Waals surface area contributed by atoms with Crippen LogP contribution in [0.3, 0.4) is 0 Å². The number of nitrogens with zero attached hydrogens (tertiary/aromatic N) is 4. The molecule has 0 spiro atoms. The number of anilines is 2. The van der Waals surface area contributed by atoms with Crippen molar-refractivity contribution in [2.45, 2.75) is 44.9 Å². The molecule has 9 nitrogen and oxygen atoms in total. The average molecular weight is 472 g/mol. The van der Waals surface area contributed by atoms with Gasteiger partial charge in [0.1, 0.15) is 17.3 Å². The molecule has 9 heteroatoms. The van der Waals surface area contributed by atoms with Crippen molar-refractivity contribution in [2.75, 3.05) is 23.3 Å². The van der Waals surface area contributed by atoms with Gasteiger partial charge in [0.25, 0.3) is 5.91 Å². The highest BCUT2D eigenvalue weighted by molar-refractivity contribution is 6.06. The van der Waals surface area contributed by atoms with E-state index in [2.05, 4.69) is 15.2 Å². The fourth-order valence-corrected chi connectivity index (χ4v) is 4.65. The summed E-state index contributed by atoms with van der Waals surface area (Å²) < 4.78 is 5.94. The number of aromatic nitrogens is 2. The molecule has 2 fully saturated rings. The van der Waals surface area contributed by atoms with E-state index in [1.165, 1.54) is 4.90 Å². The van der Waals surface area contributed by atoms with Gasteiger partial charge in [0.05, 0.1) is 24.1 Å². The average Bonchev–Trinajstić information content (AvgIpc) is 3.20. The zero-order chi connectivity index (χ0) is 24.5. The van der Waals surface area contributed by atoms with Crippen LogP contribution < -0.4 is 10.2 Å². The van der Waals surface area contributed by atoms with E-state index in [4.69, 9.17) is 20.5 Å². The molecule has 2 saturated heterocycles. The van der Waals surface area contributed by atoms with Crippen LogP contribution in [0.5, 0.6) is 0 Å². The second-order valence-electron chi connectivity index (χ2n) is 9.28. The van der Waals surface area contributed by atoms with Gasteiger partial charge in [-0.1, -0.05) is 12.1 Å². The first-order chi connectivity index (χ1) is 16.9. The molecule has 2 unspecified atom stereocenters. The smallest absolute Gasteiger partial charge is 0.256 e. The maximum absolute atomic E-state index is 13.0. The summed E-state index contributed by atoms with van der Waals surface area (Å²) in [6, 6.07) is 14.6. The molecule has 1 amide bonds. The second kappa shape index (κ2) is 9.42. The normalized spacial score (nSPS) is 19.1. The first-order valence-electron chi connectivity index (χ1n) is 11.9. The quantitative estimate of drug-likeness (QED) is 0.371. The van der Waals surface area contributed by atoms with Crippen LogP contribution in [0.25, 0.3) is 10.9 Å². The summed E-state index contributed by atoms with van der Waals surface area (Å²) in [5.41, 5.74) is 1.62. The van der Waals surface area contributed by atoms with E-state index in [0.29, 0.717) is 17.1 Å². The molecule has 1 aromatic carbocycles. The number of nitrogens with one attached hydrogen (secondary N) is 3. The summed E-state index contributed by atoms with van der Waals surface area (Å²) in [5.74, 6) is 1.05. The predicted molar refractivity (Wildman–Crippen MR) is 137 cm³/mol. The lowest BCUT2D eigenvalue weighted by molar-refractivity contribution is 0.0302. The Morgan fingerprint density at radius 3 is 2.60 bits per heavy atom. The van der Waals surface area contributed by atoms with Gasteiger partial charge in [-0.05, 0) is 63.1 Å². The largest absolute Gasteiger partial charge is 0.371 e. The van der Waals surface area contributed by atoms with Crippen LogP contribution in [-0.2, 0) is 4.74 Å². The molecule has 180 valence electrons. The molecule has 2 aliphatic rings. The van der Waals surface area contributed by atoms with Crippen molar-refractivity contribution in [3.8, 4) is 0 Å². The van der Waals surface area contributed by atoms with E-state index in [-0.39, 0.29) is 30.0 Å². The van der Waals surface area contributed by atoms with Crippen molar-refractivity contribution in [3.05, 3.63) is 59.8 Å². The SMILES string of the molecule is CC(C)N(C=N)C(=N)c1cccc(NC(=O)c2ccc3ccc(N4CC5CCC(C4)O5)nc3c2)n1. The van der Waals surface area contributed by atoms with Crippen LogP contribution in [0, 0.1) is 10.8 Å². The highest BCUT2D eigenvalue weighted by Gasteiger charge is 2.34. The number of rotatable bonds is 6. The summed E-state index contributed by atoms with van der Waals surface area (Å²) in [7, 11) is 0. The molecule has 0 saturated carbocycles. The number of carbonyl (C=O) groups excluding carboxylic acids is 1. The first kappa shape index (κ1) is 22.9. The Balaban J connectivity index is 1.34. The standard InChI is InChI=1S/C26H29N7O2/c1-16(2)33(15-27)25(28)21-4-3-5-23(29-21)31-26(34)18-7-6-17-8-11-24(30-22(17)12-18)32-13-19-9-10-20(14-32)35-19/h3-8,11-12,15-16,19-20,27-28H,9-10,13-14H2,1-2H3,(H,29,31,34). The minimum absolute atomic E-state index is 0.0531. The van der Waals surface area contributed by atoms with E-state index in [0.717, 1.165) is 49.0 Å². The lowest BCUT2D eigenvalue weighted by atomic mass is 10.1. The molecule has 2 bridgehead atoms. The lowest BCUT2D eigenvalue weighted by Crippen LogP contribution is -2.43. The minimum Gasteiger partial charge on any atom is -0.371 e. The Bertz CT molecular complexity index is 1280.